The van der Waals surface area contributed by atoms with Crippen LogP contribution in [0.5, 0.6) is 0 Å². The number of hydrogen-bond donors (Lipinski definition) is 2. The second kappa shape index (κ2) is 6.75. The molecule has 0 aliphatic heterocycles. The maximum absolute atomic E-state index is 11.0. The van der Waals surface area contributed by atoms with Gasteiger partial charge >= 0.3 is 5.97 Å². The fraction of sp³-hybridized carbons (Fsp3) is 0.316. The average molecular weight is 297 g/mol. The van der Waals surface area contributed by atoms with Gasteiger partial charge in [0, 0.05) is 18.5 Å². The van der Waals surface area contributed by atoms with Crippen molar-refractivity contribution in [2.24, 2.45) is 0 Å². The summed E-state index contributed by atoms with van der Waals surface area (Å²) in [5, 5.41) is 12.5. The number of carboxylic acid groups (broad SMARTS) is 1. The lowest BCUT2D eigenvalue weighted by Gasteiger charge is -2.27. The molecule has 2 aromatic rings. The smallest absolute Gasteiger partial charge is 0.335 e. The Kier molecular flexibility index (Phi) is 4.99. The average Bonchev–Trinajstić information content (AvgIpc) is 2.47. The van der Waals surface area contributed by atoms with Gasteiger partial charge < -0.3 is 10.4 Å². The SMILES string of the molecule is Cc1ccccc1C(C)(C)CNCc1cccc(C(=O)O)c1. The van der Waals surface area contributed by atoms with Gasteiger partial charge in [-0.1, -0.05) is 50.2 Å². The molecule has 3 heteroatoms. The Bertz CT molecular complexity index is 662. The highest BCUT2D eigenvalue weighted by Gasteiger charge is 2.21. The lowest BCUT2D eigenvalue weighted by Crippen LogP contribution is -2.33. The van der Waals surface area contributed by atoms with E-state index in [9.17, 15) is 4.79 Å². The molecule has 0 amide bonds. The zero-order chi connectivity index (χ0) is 16.2. The van der Waals surface area contributed by atoms with Crippen LogP contribution in [0.15, 0.2) is 48.5 Å². The number of aryl methyl sites for hydroxylation is 1. The van der Waals surface area contributed by atoms with Gasteiger partial charge in [-0.05, 0) is 35.7 Å². The van der Waals surface area contributed by atoms with Gasteiger partial charge in [0.1, 0.15) is 0 Å². The molecule has 0 fully saturated rings. The molecule has 0 bridgehead atoms. The number of hydrogen-bond acceptors (Lipinski definition) is 2. The van der Waals surface area contributed by atoms with Crippen LogP contribution in [0.3, 0.4) is 0 Å². The molecule has 0 radical (unpaired) electrons. The molecular formula is C19H23NO2. The predicted octanol–water partition coefficient (Wildman–Crippen LogP) is 3.76. The molecule has 22 heavy (non-hydrogen) atoms. The van der Waals surface area contributed by atoms with E-state index in [1.807, 2.05) is 6.07 Å². The van der Waals surface area contributed by atoms with E-state index >= 15 is 0 Å². The van der Waals surface area contributed by atoms with Gasteiger partial charge in [0.05, 0.1) is 5.56 Å². The summed E-state index contributed by atoms with van der Waals surface area (Å²) < 4.78 is 0. The van der Waals surface area contributed by atoms with Crippen LogP contribution in [0.1, 0.15) is 40.9 Å². The Morgan fingerprint density at radius 3 is 2.55 bits per heavy atom. The quantitative estimate of drug-likeness (QED) is 0.853. The molecule has 2 aromatic carbocycles. The monoisotopic (exact) mass is 297 g/mol. The molecule has 2 rings (SSSR count). The van der Waals surface area contributed by atoms with Gasteiger partial charge in [0.25, 0.3) is 0 Å². The molecule has 0 atom stereocenters. The lowest BCUT2D eigenvalue weighted by molar-refractivity contribution is 0.0696. The summed E-state index contributed by atoms with van der Waals surface area (Å²) in [5.41, 5.74) is 3.97. The van der Waals surface area contributed by atoms with Crippen LogP contribution >= 0.6 is 0 Å². The van der Waals surface area contributed by atoms with Crippen molar-refractivity contribution in [3.05, 3.63) is 70.8 Å². The third-order valence-corrected chi connectivity index (χ3v) is 3.94. The summed E-state index contributed by atoms with van der Waals surface area (Å²) in [7, 11) is 0. The van der Waals surface area contributed by atoms with Gasteiger partial charge in [-0.15, -0.1) is 0 Å². The van der Waals surface area contributed by atoms with Crippen molar-refractivity contribution in [3.8, 4) is 0 Å². The van der Waals surface area contributed by atoms with Gasteiger partial charge in [-0.25, -0.2) is 4.79 Å². The van der Waals surface area contributed by atoms with E-state index in [1.54, 1.807) is 18.2 Å². The van der Waals surface area contributed by atoms with Crippen molar-refractivity contribution in [2.75, 3.05) is 6.54 Å². The molecule has 2 N–H and O–H groups in total. The summed E-state index contributed by atoms with van der Waals surface area (Å²) in [4.78, 5) is 11.0. The van der Waals surface area contributed by atoms with E-state index in [1.165, 1.54) is 11.1 Å². The van der Waals surface area contributed by atoms with E-state index in [2.05, 4.69) is 50.4 Å². The van der Waals surface area contributed by atoms with Crippen molar-refractivity contribution >= 4 is 5.97 Å². The summed E-state index contributed by atoms with van der Waals surface area (Å²) in [5.74, 6) is -0.887. The van der Waals surface area contributed by atoms with Crippen LogP contribution in [-0.4, -0.2) is 17.6 Å². The summed E-state index contributed by atoms with van der Waals surface area (Å²) >= 11 is 0. The minimum Gasteiger partial charge on any atom is -0.478 e. The molecule has 0 spiro atoms. The fourth-order valence-corrected chi connectivity index (χ4v) is 2.76. The second-order valence-corrected chi connectivity index (χ2v) is 6.31. The molecule has 0 saturated heterocycles. The highest BCUT2D eigenvalue weighted by molar-refractivity contribution is 5.87. The maximum atomic E-state index is 11.0. The number of benzene rings is 2. The van der Waals surface area contributed by atoms with E-state index in [0.29, 0.717) is 12.1 Å². The Labute approximate surface area is 132 Å². The van der Waals surface area contributed by atoms with Crippen molar-refractivity contribution in [1.82, 2.24) is 5.32 Å². The van der Waals surface area contributed by atoms with Crippen LogP contribution in [-0.2, 0) is 12.0 Å². The molecule has 0 unspecified atom stereocenters. The van der Waals surface area contributed by atoms with Crippen LogP contribution in [0.25, 0.3) is 0 Å². The molecule has 116 valence electrons. The molecule has 0 aromatic heterocycles. The largest absolute Gasteiger partial charge is 0.478 e. The highest BCUT2D eigenvalue weighted by atomic mass is 16.4. The third kappa shape index (κ3) is 3.95. The normalized spacial score (nSPS) is 11.4. The van der Waals surface area contributed by atoms with Crippen molar-refractivity contribution in [1.29, 1.82) is 0 Å². The van der Waals surface area contributed by atoms with Crippen LogP contribution in [0, 0.1) is 6.92 Å². The third-order valence-electron chi connectivity index (χ3n) is 3.94. The number of nitrogens with one attached hydrogen (secondary N) is 1. The number of rotatable bonds is 6. The number of aromatic carboxylic acids is 1. The topological polar surface area (TPSA) is 49.3 Å². The fourth-order valence-electron chi connectivity index (χ4n) is 2.76. The van der Waals surface area contributed by atoms with Crippen LogP contribution in [0.2, 0.25) is 0 Å². The predicted molar refractivity (Wildman–Crippen MR) is 89.3 cm³/mol. The van der Waals surface area contributed by atoms with Gasteiger partial charge in [0.15, 0.2) is 0 Å². The molecule has 0 aliphatic rings. The van der Waals surface area contributed by atoms with E-state index in [-0.39, 0.29) is 5.41 Å². The first-order valence-electron chi connectivity index (χ1n) is 7.49. The van der Waals surface area contributed by atoms with Crippen molar-refractivity contribution in [2.45, 2.75) is 32.7 Å². The van der Waals surface area contributed by atoms with Crippen molar-refractivity contribution < 1.29 is 9.90 Å². The highest BCUT2D eigenvalue weighted by Crippen LogP contribution is 2.25. The minimum absolute atomic E-state index is 0.0236. The Hall–Kier alpha value is -2.13. The standard InChI is InChI=1S/C19H23NO2/c1-14-7-4-5-10-17(14)19(2,3)13-20-12-15-8-6-9-16(11-15)18(21)22/h4-11,20H,12-13H2,1-3H3,(H,21,22). The summed E-state index contributed by atoms with van der Waals surface area (Å²) in [6, 6.07) is 15.5. The van der Waals surface area contributed by atoms with Gasteiger partial charge in [0.2, 0.25) is 0 Å². The van der Waals surface area contributed by atoms with Crippen molar-refractivity contribution in [3.63, 3.8) is 0 Å². The second-order valence-electron chi connectivity index (χ2n) is 6.31. The van der Waals surface area contributed by atoms with E-state index < -0.39 is 5.97 Å². The van der Waals surface area contributed by atoms with Crippen LogP contribution < -0.4 is 5.32 Å². The van der Waals surface area contributed by atoms with Gasteiger partial charge in [-0.3, -0.25) is 0 Å². The van der Waals surface area contributed by atoms with Gasteiger partial charge in [-0.2, -0.15) is 0 Å². The maximum Gasteiger partial charge on any atom is 0.335 e. The molecule has 0 saturated carbocycles. The zero-order valence-corrected chi connectivity index (χ0v) is 13.4. The molecular weight excluding hydrogens is 274 g/mol. The minimum atomic E-state index is -0.887. The van der Waals surface area contributed by atoms with E-state index in [0.717, 1.165) is 12.1 Å². The summed E-state index contributed by atoms with van der Waals surface area (Å²) in [6.45, 7) is 8.06. The first-order chi connectivity index (χ1) is 10.4. The molecule has 3 nitrogen and oxygen atoms in total. The Morgan fingerprint density at radius 1 is 1.14 bits per heavy atom. The number of carboxylic acids is 1. The Morgan fingerprint density at radius 2 is 1.86 bits per heavy atom. The lowest BCUT2D eigenvalue weighted by atomic mass is 9.82. The first kappa shape index (κ1) is 16.2. The van der Waals surface area contributed by atoms with E-state index in [4.69, 9.17) is 5.11 Å². The summed E-state index contributed by atoms with van der Waals surface area (Å²) in [6.07, 6.45) is 0. The zero-order valence-electron chi connectivity index (χ0n) is 13.4. The first-order valence-corrected chi connectivity index (χ1v) is 7.49. The number of carbonyl (C=O) groups is 1. The molecule has 0 heterocycles. The Balaban J connectivity index is 2.00. The molecule has 0 aliphatic carbocycles. The van der Waals surface area contributed by atoms with Crippen LogP contribution in [0.4, 0.5) is 0 Å².